The van der Waals surface area contributed by atoms with Gasteiger partial charge < -0.3 is 19.0 Å². The van der Waals surface area contributed by atoms with Gasteiger partial charge in [-0.05, 0) is 29.7 Å². The molecule has 0 aliphatic carbocycles. The van der Waals surface area contributed by atoms with Crippen molar-refractivity contribution in [1.29, 1.82) is 0 Å². The number of hydrogen-bond donors (Lipinski definition) is 0. The van der Waals surface area contributed by atoms with E-state index in [0.29, 0.717) is 39.2 Å². The second kappa shape index (κ2) is 7.52. The van der Waals surface area contributed by atoms with Crippen molar-refractivity contribution >= 4 is 33.6 Å². The van der Waals surface area contributed by atoms with E-state index < -0.39 is 0 Å². The molecule has 2 aliphatic rings. The van der Waals surface area contributed by atoms with Crippen molar-refractivity contribution in [3.63, 3.8) is 0 Å². The number of amides is 2. The molecule has 0 saturated carbocycles. The summed E-state index contributed by atoms with van der Waals surface area (Å²) in [6.07, 6.45) is 3.47. The standard InChI is InChI=1S/C23H24N2O4/c26-21(24-9-11-25(12-10-24)23(27)20-6-3-13-28-20)14-17-15-29-19-8-7-16-4-1-2-5-18(16)22(17)19/h1-2,4-5,7-8,15,20H,3,6,9-14H2. The van der Waals surface area contributed by atoms with Crippen LogP contribution in [0, 0.1) is 0 Å². The van der Waals surface area contributed by atoms with Crippen LogP contribution in [0.25, 0.3) is 21.7 Å². The molecule has 5 rings (SSSR count). The van der Waals surface area contributed by atoms with E-state index in [1.165, 1.54) is 0 Å². The lowest BCUT2D eigenvalue weighted by Gasteiger charge is -2.35. The van der Waals surface area contributed by atoms with Gasteiger partial charge in [0.25, 0.3) is 5.91 Å². The van der Waals surface area contributed by atoms with E-state index in [0.717, 1.165) is 40.1 Å². The van der Waals surface area contributed by atoms with Gasteiger partial charge in [-0.25, -0.2) is 0 Å². The molecule has 0 bridgehead atoms. The Morgan fingerprint density at radius 1 is 1.00 bits per heavy atom. The van der Waals surface area contributed by atoms with Gasteiger partial charge in [0.1, 0.15) is 11.7 Å². The Morgan fingerprint density at radius 3 is 2.59 bits per heavy atom. The van der Waals surface area contributed by atoms with Gasteiger partial charge >= 0.3 is 0 Å². The van der Waals surface area contributed by atoms with Crippen LogP contribution in [-0.4, -0.2) is 60.5 Å². The summed E-state index contributed by atoms with van der Waals surface area (Å²) in [5, 5.41) is 3.26. The van der Waals surface area contributed by atoms with Gasteiger partial charge in [-0.1, -0.05) is 30.3 Å². The SMILES string of the molecule is O=C(Cc1coc2ccc3ccccc3c12)N1CCN(C(=O)C2CCCO2)CC1. The number of hydrogen-bond acceptors (Lipinski definition) is 4. The van der Waals surface area contributed by atoms with Gasteiger partial charge in [0.2, 0.25) is 5.91 Å². The lowest BCUT2D eigenvalue weighted by Crippen LogP contribution is -2.53. The Bertz CT molecular complexity index is 1060. The second-order valence-corrected chi connectivity index (χ2v) is 7.81. The summed E-state index contributed by atoms with van der Waals surface area (Å²) in [7, 11) is 0. The molecule has 2 fully saturated rings. The number of furan rings is 1. The number of ether oxygens (including phenoxy) is 1. The quantitative estimate of drug-likeness (QED) is 0.688. The molecule has 29 heavy (non-hydrogen) atoms. The molecular formula is C23H24N2O4. The molecule has 150 valence electrons. The Morgan fingerprint density at radius 2 is 1.79 bits per heavy atom. The Hall–Kier alpha value is -2.86. The first-order valence-corrected chi connectivity index (χ1v) is 10.3. The molecule has 2 amide bonds. The van der Waals surface area contributed by atoms with Crippen LogP contribution >= 0.6 is 0 Å². The van der Waals surface area contributed by atoms with Gasteiger partial charge in [-0.3, -0.25) is 9.59 Å². The summed E-state index contributed by atoms with van der Waals surface area (Å²) in [6, 6.07) is 12.1. The van der Waals surface area contributed by atoms with Gasteiger partial charge in [0.15, 0.2) is 0 Å². The smallest absolute Gasteiger partial charge is 0.251 e. The minimum atomic E-state index is -0.289. The molecule has 6 nitrogen and oxygen atoms in total. The number of nitrogens with zero attached hydrogens (tertiary/aromatic N) is 2. The lowest BCUT2D eigenvalue weighted by molar-refractivity contribution is -0.145. The zero-order chi connectivity index (χ0) is 19.8. The summed E-state index contributed by atoms with van der Waals surface area (Å²) in [4.78, 5) is 29.1. The van der Waals surface area contributed by atoms with E-state index >= 15 is 0 Å². The maximum atomic E-state index is 12.9. The Labute approximate surface area is 169 Å². The van der Waals surface area contributed by atoms with E-state index in [9.17, 15) is 9.59 Å². The van der Waals surface area contributed by atoms with E-state index in [-0.39, 0.29) is 17.9 Å². The molecule has 1 unspecified atom stereocenters. The zero-order valence-corrected chi connectivity index (χ0v) is 16.3. The van der Waals surface area contributed by atoms with E-state index in [1.54, 1.807) is 6.26 Å². The summed E-state index contributed by atoms with van der Waals surface area (Å²) in [6.45, 7) is 2.93. The minimum Gasteiger partial charge on any atom is -0.464 e. The maximum Gasteiger partial charge on any atom is 0.251 e. The molecule has 2 aliphatic heterocycles. The van der Waals surface area contributed by atoms with Crippen molar-refractivity contribution in [1.82, 2.24) is 9.80 Å². The molecule has 2 saturated heterocycles. The average Bonchev–Trinajstić information content (AvgIpc) is 3.44. The van der Waals surface area contributed by atoms with Crippen LogP contribution in [0.1, 0.15) is 18.4 Å². The summed E-state index contributed by atoms with van der Waals surface area (Å²) >= 11 is 0. The molecule has 2 aromatic carbocycles. The van der Waals surface area contributed by atoms with Crippen LogP contribution < -0.4 is 0 Å². The van der Waals surface area contributed by atoms with Crippen molar-refractivity contribution in [3.05, 3.63) is 48.2 Å². The highest BCUT2D eigenvalue weighted by Crippen LogP contribution is 2.30. The van der Waals surface area contributed by atoms with E-state index in [2.05, 4.69) is 12.1 Å². The molecular weight excluding hydrogens is 368 g/mol. The molecule has 6 heteroatoms. The number of rotatable bonds is 3. The molecule has 3 aromatic rings. The van der Waals surface area contributed by atoms with Crippen molar-refractivity contribution in [2.24, 2.45) is 0 Å². The first kappa shape index (κ1) is 18.2. The first-order chi connectivity index (χ1) is 14.2. The van der Waals surface area contributed by atoms with Gasteiger partial charge in [-0.15, -0.1) is 0 Å². The summed E-state index contributed by atoms with van der Waals surface area (Å²) in [5.74, 6) is 0.145. The fourth-order valence-corrected chi connectivity index (χ4v) is 4.43. The molecule has 0 radical (unpaired) electrons. The number of carbonyl (C=O) groups excluding carboxylic acids is 2. The first-order valence-electron chi connectivity index (χ1n) is 10.3. The van der Waals surface area contributed by atoms with Crippen LogP contribution in [0.3, 0.4) is 0 Å². The summed E-state index contributed by atoms with van der Waals surface area (Å²) < 4.78 is 11.2. The second-order valence-electron chi connectivity index (χ2n) is 7.81. The van der Waals surface area contributed by atoms with Crippen molar-refractivity contribution in [3.8, 4) is 0 Å². The van der Waals surface area contributed by atoms with E-state index in [1.807, 2.05) is 34.1 Å². The fraction of sp³-hybridized carbons (Fsp3) is 0.391. The molecule has 1 atom stereocenters. The highest BCUT2D eigenvalue weighted by molar-refractivity contribution is 6.08. The van der Waals surface area contributed by atoms with Crippen LogP contribution in [0.15, 0.2) is 47.1 Å². The average molecular weight is 392 g/mol. The third kappa shape index (κ3) is 3.38. The third-order valence-electron chi connectivity index (χ3n) is 6.03. The molecule has 0 spiro atoms. The highest BCUT2D eigenvalue weighted by Gasteiger charge is 2.31. The normalized spacial score (nSPS) is 19.9. The Balaban J connectivity index is 1.28. The third-order valence-corrected chi connectivity index (χ3v) is 6.03. The van der Waals surface area contributed by atoms with Gasteiger partial charge in [0, 0.05) is 43.7 Å². The molecule has 1 aromatic heterocycles. The zero-order valence-electron chi connectivity index (χ0n) is 16.3. The number of fused-ring (bicyclic) bond motifs is 3. The number of carbonyl (C=O) groups is 2. The van der Waals surface area contributed by atoms with Crippen LogP contribution in [0.2, 0.25) is 0 Å². The fourth-order valence-electron chi connectivity index (χ4n) is 4.43. The monoisotopic (exact) mass is 392 g/mol. The number of piperazine rings is 1. The summed E-state index contributed by atoms with van der Waals surface area (Å²) in [5.41, 5.74) is 1.72. The van der Waals surface area contributed by atoms with Crippen LogP contribution in [-0.2, 0) is 20.7 Å². The Kier molecular flexibility index (Phi) is 4.72. The lowest BCUT2D eigenvalue weighted by atomic mass is 10.0. The van der Waals surface area contributed by atoms with Crippen LogP contribution in [0.5, 0.6) is 0 Å². The molecule has 3 heterocycles. The van der Waals surface area contributed by atoms with Crippen molar-refractivity contribution < 1.29 is 18.7 Å². The largest absolute Gasteiger partial charge is 0.464 e. The topological polar surface area (TPSA) is 63.0 Å². The predicted molar refractivity (Wildman–Crippen MR) is 110 cm³/mol. The maximum absolute atomic E-state index is 12.9. The van der Waals surface area contributed by atoms with Crippen molar-refractivity contribution in [2.45, 2.75) is 25.4 Å². The number of benzene rings is 2. The minimum absolute atomic E-state index is 0.0712. The molecule has 0 N–H and O–H groups in total. The van der Waals surface area contributed by atoms with E-state index in [4.69, 9.17) is 9.15 Å². The highest BCUT2D eigenvalue weighted by atomic mass is 16.5. The van der Waals surface area contributed by atoms with Gasteiger partial charge in [0.05, 0.1) is 12.7 Å². The van der Waals surface area contributed by atoms with Crippen molar-refractivity contribution in [2.75, 3.05) is 32.8 Å². The van der Waals surface area contributed by atoms with Gasteiger partial charge in [-0.2, -0.15) is 0 Å². The van der Waals surface area contributed by atoms with Crippen LogP contribution in [0.4, 0.5) is 0 Å². The predicted octanol–water partition coefficient (Wildman–Crippen LogP) is 2.98.